The summed E-state index contributed by atoms with van der Waals surface area (Å²) in [6, 6.07) is 0. The molecule has 2 heterocycles. The molecule has 2 saturated heterocycles. The van der Waals surface area contributed by atoms with Crippen molar-refractivity contribution in [3.05, 3.63) is 0 Å². The first kappa shape index (κ1) is 15.8. The highest BCUT2D eigenvalue weighted by Gasteiger charge is 2.27. The molecule has 0 bridgehead atoms. The van der Waals surface area contributed by atoms with Crippen LogP contribution in [0, 0.1) is 11.8 Å². The lowest BCUT2D eigenvalue weighted by Crippen LogP contribution is -2.39. The molecule has 3 heteroatoms. The number of hydrogen-bond acceptors (Lipinski definition) is 3. The van der Waals surface area contributed by atoms with E-state index in [9.17, 15) is 0 Å². The highest BCUT2D eigenvalue weighted by Crippen LogP contribution is 2.37. The molecule has 2 aliphatic heterocycles. The van der Waals surface area contributed by atoms with E-state index in [1.807, 2.05) is 0 Å². The first-order chi connectivity index (χ1) is 10.4. The maximum absolute atomic E-state index is 5.28. The third-order valence-corrected chi connectivity index (χ3v) is 5.58. The van der Waals surface area contributed by atoms with E-state index in [-0.39, 0.29) is 12.6 Å². The van der Waals surface area contributed by atoms with Gasteiger partial charge in [0.1, 0.15) is 0 Å². The maximum Gasteiger partial charge on any atom is 0.162 e. The van der Waals surface area contributed by atoms with Crippen LogP contribution in [0.4, 0.5) is 0 Å². The predicted molar refractivity (Wildman–Crippen MR) is 82.9 cm³/mol. The summed E-state index contributed by atoms with van der Waals surface area (Å²) in [5, 5.41) is 0. The van der Waals surface area contributed by atoms with E-state index in [2.05, 4.69) is 0 Å². The van der Waals surface area contributed by atoms with Crippen molar-refractivity contribution >= 4 is 0 Å². The van der Waals surface area contributed by atoms with Crippen molar-refractivity contribution in [2.75, 3.05) is 13.2 Å². The summed E-state index contributed by atoms with van der Waals surface area (Å²) < 4.78 is 15.3. The van der Waals surface area contributed by atoms with Gasteiger partial charge in [0, 0.05) is 12.8 Å². The monoisotopic (exact) mass is 296 g/mol. The Morgan fingerprint density at radius 1 is 0.524 bits per heavy atom. The molecule has 3 nitrogen and oxygen atoms in total. The molecule has 0 radical (unpaired) electrons. The summed E-state index contributed by atoms with van der Waals surface area (Å²) in [4.78, 5) is 0. The number of hydrogen-bond donors (Lipinski definition) is 0. The van der Waals surface area contributed by atoms with Gasteiger partial charge in [-0.3, -0.25) is 0 Å². The summed E-state index contributed by atoms with van der Waals surface area (Å²) in [5.41, 5.74) is 0. The molecule has 2 aliphatic carbocycles. The minimum absolute atomic E-state index is 0.0373. The van der Waals surface area contributed by atoms with Crippen molar-refractivity contribution in [3.8, 4) is 0 Å². The van der Waals surface area contributed by atoms with Crippen LogP contribution in [0.3, 0.4) is 0 Å². The predicted octanol–water partition coefficient (Wildman–Crippen LogP) is 4.64. The molecule has 2 unspecified atom stereocenters. The van der Waals surface area contributed by atoms with Crippen molar-refractivity contribution < 1.29 is 14.2 Å². The highest BCUT2D eigenvalue weighted by molar-refractivity contribution is 4.76. The van der Waals surface area contributed by atoms with E-state index in [1.54, 1.807) is 25.7 Å². The molecule has 2 atom stereocenters. The molecule has 0 N–H and O–H groups in total. The minimum atomic E-state index is 0.0373. The van der Waals surface area contributed by atoms with Gasteiger partial charge in [0.05, 0.1) is 13.2 Å². The van der Waals surface area contributed by atoms with E-state index in [0.29, 0.717) is 0 Å². The first-order valence-corrected chi connectivity index (χ1v) is 9.30. The Labute approximate surface area is 129 Å². The Bertz CT molecular complexity index is 246. The van der Waals surface area contributed by atoms with Gasteiger partial charge in [-0.25, -0.2) is 0 Å². The standard InChI is InChI=1S/C12H22.C6H10O3/c1-3-7-11(8-4-1)12-9-5-2-6-10-12;1-3-7-5(1)9-6-2-4-8-6/h11-12H,1-10H2;5-6H,1-4H2. The third-order valence-electron chi connectivity index (χ3n) is 5.58. The second-order valence-electron chi connectivity index (χ2n) is 7.11. The second kappa shape index (κ2) is 8.50. The van der Waals surface area contributed by atoms with Gasteiger partial charge in [0.25, 0.3) is 0 Å². The zero-order chi connectivity index (χ0) is 14.3. The van der Waals surface area contributed by atoms with Gasteiger partial charge in [-0.1, -0.05) is 64.2 Å². The average Bonchev–Trinajstić information content (AvgIpc) is 2.47. The van der Waals surface area contributed by atoms with E-state index in [4.69, 9.17) is 14.2 Å². The minimum Gasteiger partial charge on any atom is -0.352 e. The molecule has 2 saturated carbocycles. The summed E-state index contributed by atoms with van der Waals surface area (Å²) in [6.45, 7) is 1.69. The largest absolute Gasteiger partial charge is 0.352 e. The van der Waals surface area contributed by atoms with E-state index >= 15 is 0 Å². The SMILES string of the molecule is C1CC(OC2CCO2)O1.C1CCC(C2CCCCC2)CC1. The molecule has 4 fully saturated rings. The van der Waals surface area contributed by atoms with Crippen molar-refractivity contribution in [1.29, 1.82) is 0 Å². The molecular weight excluding hydrogens is 264 g/mol. The van der Waals surface area contributed by atoms with Crippen LogP contribution in [0.2, 0.25) is 0 Å². The third kappa shape index (κ3) is 4.94. The van der Waals surface area contributed by atoms with Crippen LogP contribution in [0.5, 0.6) is 0 Å². The van der Waals surface area contributed by atoms with E-state index in [1.165, 1.54) is 38.5 Å². The fourth-order valence-corrected chi connectivity index (χ4v) is 4.02. The quantitative estimate of drug-likeness (QED) is 0.759. The summed E-state index contributed by atoms with van der Waals surface area (Å²) in [5.74, 6) is 2.28. The van der Waals surface area contributed by atoms with E-state index in [0.717, 1.165) is 37.9 Å². The molecule has 0 aromatic heterocycles. The van der Waals surface area contributed by atoms with Crippen molar-refractivity contribution in [3.63, 3.8) is 0 Å². The Morgan fingerprint density at radius 3 is 1.19 bits per heavy atom. The molecular formula is C18H32O3. The second-order valence-corrected chi connectivity index (χ2v) is 7.11. The fraction of sp³-hybridized carbons (Fsp3) is 1.00. The first-order valence-electron chi connectivity index (χ1n) is 9.30. The maximum atomic E-state index is 5.28. The summed E-state index contributed by atoms with van der Waals surface area (Å²) in [7, 11) is 0. The number of rotatable bonds is 3. The smallest absolute Gasteiger partial charge is 0.162 e. The molecule has 122 valence electrons. The summed E-state index contributed by atoms with van der Waals surface area (Å²) in [6.07, 6.45) is 17.5. The van der Waals surface area contributed by atoms with Crippen LogP contribution in [0.1, 0.15) is 77.0 Å². The van der Waals surface area contributed by atoms with E-state index < -0.39 is 0 Å². The Hall–Kier alpha value is -0.120. The molecule has 0 amide bonds. The van der Waals surface area contributed by atoms with Crippen LogP contribution in [-0.4, -0.2) is 25.8 Å². The molecule has 0 aromatic rings. The van der Waals surface area contributed by atoms with Crippen LogP contribution in [0.25, 0.3) is 0 Å². The number of ether oxygens (including phenoxy) is 3. The van der Waals surface area contributed by atoms with Crippen LogP contribution in [0.15, 0.2) is 0 Å². The van der Waals surface area contributed by atoms with Crippen LogP contribution < -0.4 is 0 Å². The van der Waals surface area contributed by atoms with Crippen molar-refractivity contribution in [2.24, 2.45) is 11.8 Å². The molecule has 21 heavy (non-hydrogen) atoms. The van der Waals surface area contributed by atoms with Crippen LogP contribution in [-0.2, 0) is 14.2 Å². The van der Waals surface area contributed by atoms with Gasteiger partial charge in [-0.15, -0.1) is 0 Å². The van der Waals surface area contributed by atoms with Crippen LogP contribution >= 0.6 is 0 Å². The molecule has 4 aliphatic rings. The lowest BCUT2D eigenvalue weighted by molar-refractivity contribution is -0.320. The lowest BCUT2D eigenvalue weighted by atomic mass is 9.73. The Morgan fingerprint density at radius 2 is 0.905 bits per heavy atom. The van der Waals surface area contributed by atoms with Gasteiger partial charge in [-0.2, -0.15) is 0 Å². The van der Waals surface area contributed by atoms with Gasteiger partial charge < -0.3 is 14.2 Å². The molecule has 0 aromatic carbocycles. The Balaban J connectivity index is 0.000000131. The summed E-state index contributed by atoms with van der Waals surface area (Å²) >= 11 is 0. The topological polar surface area (TPSA) is 27.7 Å². The van der Waals surface area contributed by atoms with Crippen molar-refractivity contribution in [1.82, 2.24) is 0 Å². The lowest BCUT2D eigenvalue weighted by Gasteiger charge is -2.34. The molecule has 0 spiro atoms. The Kier molecular flexibility index (Phi) is 6.38. The zero-order valence-electron chi connectivity index (χ0n) is 13.4. The molecule has 4 rings (SSSR count). The van der Waals surface area contributed by atoms with Crippen molar-refractivity contribution in [2.45, 2.75) is 89.6 Å². The van der Waals surface area contributed by atoms with Gasteiger partial charge in [-0.05, 0) is 11.8 Å². The average molecular weight is 296 g/mol. The zero-order valence-corrected chi connectivity index (χ0v) is 13.4. The highest BCUT2D eigenvalue weighted by atomic mass is 16.8. The van der Waals surface area contributed by atoms with Gasteiger partial charge in [0.2, 0.25) is 0 Å². The normalized spacial score (nSPS) is 34.3. The fourth-order valence-electron chi connectivity index (χ4n) is 4.02. The van der Waals surface area contributed by atoms with Gasteiger partial charge in [0.15, 0.2) is 12.6 Å². The van der Waals surface area contributed by atoms with Gasteiger partial charge >= 0.3 is 0 Å².